The molecule has 0 aliphatic carbocycles. The number of aryl methyl sites for hydroxylation is 1. The van der Waals surface area contributed by atoms with Crippen LogP contribution in [0.5, 0.6) is 5.75 Å². The lowest BCUT2D eigenvalue weighted by Gasteiger charge is -2.15. The molecule has 0 spiro atoms. The maximum Gasteiger partial charge on any atom is 0.241 e. The highest BCUT2D eigenvalue weighted by Gasteiger charge is 2.20. The first kappa shape index (κ1) is 17.4. The summed E-state index contributed by atoms with van der Waals surface area (Å²) in [7, 11) is -2.49. The second-order valence-electron chi connectivity index (χ2n) is 5.23. The molecule has 2 aromatic carbocycles. The van der Waals surface area contributed by atoms with Gasteiger partial charge in [0.25, 0.3) is 0 Å². The maximum atomic E-state index is 13.7. The molecule has 2 rings (SSSR count). The number of rotatable bonds is 6. The molecular weight excluding hydrogens is 317 g/mol. The molecule has 0 aliphatic rings. The van der Waals surface area contributed by atoms with Crippen molar-refractivity contribution in [1.82, 2.24) is 4.72 Å². The minimum Gasteiger partial charge on any atom is -0.494 e. The number of sulfonamides is 1. The Morgan fingerprint density at radius 3 is 2.35 bits per heavy atom. The minimum absolute atomic E-state index is 0.00662. The van der Waals surface area contributed by atoms with Crippen molar-refractivity contribution in [3.05, 3.63) is 59.4 Å². The number of hydrogen-bond donors (Lipinski definition) is 1. The molecule has 1 N–H and O–H groups in total. The normalized spacial score (nSPS) is 12.9. The molecule has 6 heteroatoms. The van der Waals surface area contributed by atoms with E-state index in [0.29, 0.717) is 0 Å². The number of nitrogens with one attached hydrogen (secondary N) is 1. The fourth-order valence-electron chi connectivity index (χ4n) is 2.23. The van der Waals surface area contributed by atoms with Crippen LogP contribution in [0.1, 0.15) is 31.0 Å². The van der Waals surface area contributed by atoms with Gasteiger partial charge in [0, 0.05) is 6.04 Å². The zero-order chi connectivity index (χ0) is 17.0. The predicted octanol–water partition coefficient (Wildman–Crippen LogP) is 3.44. The summed E-state index contributed by atoms with van der Waals surface area (Å²) in [5.74, 6) is -0.706. The van der Waals surface area contributed by atoms with Gasteiger partial charge in [0.15, 0.2) is 11.6 Å². The molecule has 0 amide bonds. The van der Waals surface area contributed by atoms with E-state index >= 15 is 0 Å². The van der Waals surface area contributed by atoms with Crippen LogP contribution < -0.4 is 9.46 Å². The number of hydrogen-bond acceptors (Lipinski definition) is 3. The van der Waals surface area contributed by atoms with E-state index in [0.717, 1.165) is 18.1 Å². The lowest BCUT2D eigenvalue weighted by molar-refractivity contribution is 0.385. The Morgan fingerprint density at radius 2 is 1.83 bits per heavy atom. The van der Waals surface area contributed by atoms with Gasteiger partial charge in [-0.05, 0) is 42.7 Å². The van der Waals surface area contributed by atoms with Crippen LogP contribution in [0.3, 0.4) is 0 Å². The number of halogens is 1. The Labute approximate surface area is 136 Å². The molecule has 0 saturated heterocycles. The van der Waals surface area contributed by atoms with Crippen molar-refractivity contribution >= 4 is 10.0 Å². The van der Waals surface area contributed by atoms with Gasteiger partial charge < -0.3 is 4.74 Å². The Balaban J connectivity index is 2.21. The molecule has 23 heavy (non-hydrogen) atoms. The van der Waals surface area contributed by atoms with Crippen LogP contribution in [0.4, 0.5) is 4.39 Å². The average molecular weight is 337 g/mol. The summed E-state index contributed by atoms with van der Waals surface area (Å²) < 4.78 is 45.8. The average Bonchev–Trinajstić information content (AvgIpc) is 2.54. The predicted molar refractivity (Wildman–Crippen MR) is 87.5 cm³/mol. The first-order valence-electron chi connectivity index (χ1n) is 7.32. The first-order chi connectivity index (χ1) is 10.9. The van der Waals surface area contributed by atoms with Crippen LogP contribution in [0.15, 0.2) is 47.4 Å². The molecule has 1 atom stereocenters. The molecule has 2 aromatic rings. The Bertz CT molecular complexity index is 773. The second kappa shape index (κ2) is 7.10. The number of benzene rings is 2. The Hall–Kier alpha value is -1.92. The summed E-state index contributed by atoms with van der Waals surface area (Å²) in [5, 5.41) is 0. The third-order valence-electron chi connectivity index (χ3n) is 3.65. The number of methoxy groups -OCH3 is 1. The topological polar surface area (TPSA) is 55.4 Å². The van der Waals surface area contributed by atoms with E-state index in [1.165, 1.54) is 24.8 Å². The molecule has 0 bridgehead atoms. The zero-order valence-corrected chi connectivity index (χ0v) is 14.2. The van der Waals surface area contributed by atoms with E-state index in [-0.39, 0.29) is 10.6 Å². The fraction of sp³-hybridized carbons (Fsp3) is 0.294. The van der Waals surface area contributed by atoms with Crippen LogP contribution in [0, 0.1) is 5.82 Å². The van der Waals surface area contributed by atoms with Crippen LogP contribution in [-0.2, 0) is 16.4 Å². The van der Waals surface area contributed by atoms with Gasteiger partial charge in [0.2, 0.25) is 10.0 Å². The Kier molecular flexibility index (Phi) is 5.38. The van der Waals surface area contributed by atoms with Gasteiger partial charge in [0.1, 0.15) is 0 Å². The summed E-state index contributed by atoms with van der Waals surface area (Å²) in [6.45, 7) is 3.80. The Morgan fingerprint density at radius 1 is 1.17 bits per heavy atom. The highest BCUT2D eigenvalue weighted by Crippen LogP contribution is 2.22. The summed E-state index contributed by atoms with van der Waals surface area (Å²) in [6, 6.07) is 10.9. The summed E-state index contributed by atoms with van der Waals surface area (Å²) >= 11 is 0. The standard InChI is InChI=1S/C17H20FNO3S/c1-4-13-5-7-14(8-6-13)12(2)19-23(20,21)15-9-10-17(22-3)16(18)11-15/h5-12,19H,4H2,1-3H3/t12-/m1/s1. The highest BCUT2D eigenvalue weighted by atomic mass is 32.2. The zero-order valence-electron chi connectivity index (χ0n) is 13.3. The fourth-order valence-corrected chi connectivity index (χ4v) is 3.47. The summed E-state index contributed by atoms with van der Waals surface area (Å²) in [5.41, 5.74) is 2.03. The molecule has 124 valence electrons. The first-order valence-corrected chi connectivity index (χ1v) is 8.80. The lowest BCUT2D eigenvalue weighted by Crippen LogP contribution is -2.27. The van der Waals surface area contributed by atoms with Crippen LogP contribution in [0.2, 0.25) is 0 Å². The van der Waals surface area contributed by atoms with Crippen molar-refractivity contribution in [3.8, 4) is 5.75 Å². The maximum absolute atomic E-state index is 13.7. The molecular formula is C17H20FNO3S. The highest BCUT2D eigenvalue weighted by molar-refractivity contribution is 7.89. The number of ether oxygens (including phenoxy) is 1. The van der Waals surface area contributed by atoms with Crippen molar-refractivity contribution in [2.24, 2.45) is 0 Å². The second-order valence-corrected chi connectivity index (χ2v) is 6.95. The minimum atomic E-state index is -3.82. The quantitative estimate of drug-likeness (QED) is 0.878. The van der Waals surface area contributed by atoms with Crippen LogP contribution in [0.25, 0.3) is 0 Å². The van der Waals surface area contributed by atoms with Crippen molar-refractivity contribution < 1.29 is 17.5 Å². The van der Waals surface area contributed by atoms with E-state index < -0.39 is 21.9 Å². The molecule has 0 heterocycles. The van der Waals surface area contributed by atoms with Crippen LogP contribution in [-0.4, -0.2) is 15.5 Å². The molecule has 0 saturated carbocycles. The van der Waals surface area contributed by atoms with Gasteiger partial charge in [-0.25, -0.2) is 17.5 Å². The van der Waals surface area contributed by atoms with E-state index in [2.05, 4.69) is 11.6 Å². The molecule has 4 nitrogen and oxygen atoms in total. The summed E-state index contributed by atoms with van der Waals surface area (Å²) in [4.78, 5) is -0.132. The van der Waals surface area contributed by atoms with Gasteiger partial charge in [0.05, 0.1) is 12.0 Å². The summed E-state index contributed by atoms with van der Waals surface area (Å²) in [6.07, 6.45) is 0.922. The van der Waals surface area contributed by atoms with Gasteiger partial charge in [-0.2, -0.15) is 0 Å². The molecule has 0 aromatic heterocycles. The van der Waals surface area contributed by atoms with Crippen molar-refractivity contribution in [1.29, 1.82) is 0 Å². The third kappa shape index (κ3) is 4.09. The monoisotopic (exact) mass is 337 g/mol. The smallest absolute Gasteiger partial charge is 0.241 e. The molecule has 0 radical (unpaired) electrons. The molecule has 0 aliphatic heterocycles. The van der Waals surface area contributed by atoms with Gasteiger partial charge >= 0.3 is 0 Å². The van der Waals surface area contributed by atoms with Gasteiger partial charge in [-0.15, -0.1) is 0 Å². The van der Waals surface area contributed by atoms with Gasteiger partial charge in [-0.1, -0.05) is 31.2 Å². The lowest BCUT2D eigenvalue weighted by atomic mass is 10.1. The SMILES string of the molecule is CCc1ccc([C@@H](C)NS(=O)(=O)c2ccc(OC)c(F)c2)cc1. The van der Waals surface area contributed by atoms with E-state index in [1.807, 2.05) is 24.3 Å². The van der Waals surface area contributed by atoms with Crippen LogP contribution >= 0.6 is 0 Å². The van der Waals surface area contributed by atoms with Crippen molar-refractivity contribution in [2.75, 3.05) is 7.11 Å². The van der Waals surface area contributed by atoms with Crippen molar-refractivity contribution in [3.63, 3.8) is 0 Å². The van der Waals surface area contributed by atoms with E-state index in [1.54, 1.807) is 6.92 Å². The van der Waals surface area contributed by atoms with Gasteiger partial charge in [-0.3, -0.25) is 0 Å². The van der Waals surface area contributed by atoms with E-state index in [4.69, 9.17) is 4.74 Å². The molecule has 0 fully saturated rings. The van der Waals surface area contributed by atoms with E-state index in [9.17, 15) is 12.8 Å². The van der Waals surface area contributed by atoms with Crippen molar-refractivity contribution in [2.45, 2.75) is 31.2 Å². The molecule has 0 unspecified atom stereocenters. The third-order valence-corrected chi connectivity index (χ3v) is 5.19. The largest absolute Gasteiger partial charge is 0.494 e.